The van der Waals surface area contributed by atoms with Gasteiger partial charge in [-0.05, 0) is 23.6 Å². The molecule has 150 valence electrons. The van der Waals surface area contributed by atoms with Crippen LogP contribution in [0, 0.1) is 0 Å². The van der Waals surface area contributed by atoms with E-state index in [0.29, 0.717) is 28.8 Å². The fraction of sp³-hybridized carbons (Fsp3) is 0.250. The van der Waals surface area contributed by atoms with Crippen LogP contribution >= 0.6 is 0 Å². The van der Waals surface area contributed by atoms with E-state index in [1.165, 1.54) is 4.79 Å². The molecule has 0 radical (unpaired) electrons. The van der Waals surface area contributed by atoms with Crippen LogP contribution in [0.4, 0.5) is 0 Å². The number of hydrogen-bond acceptors (Lipinski definition) is 7. The molecule has 3 aromatic heterocycles. The molecular weight excluding hydrogens is 390 g/mol. The highest BCUT2D eigenvalue weighted by molar-refractivity contribution is 7.90. The first kappa shape index (κ1) is 19.1. The summed E-state index contributed by atoms with van der Waals surface area (Å²) in [5.41, 5.74) is 4.07. The van der Waals surface area contributed by atoms with Gasteiger partial charge in [0.2, 0.25) is 15.0 Å². The highest BCUT2D eigenvalue weighted by atomic mass is 32.2. The minimum absolute atomic E-state index is 0.0324. The number of sulfone groups is 1. The Bertz CT molecular complexity index is 1270. The molecule has 0 bridgehead atoms. The summed E-state index contributed by atoms with van der Waals surface area (Å²) in [5.74, 6) is 6.89. The van der Waals surface area contributed by atoms with Gasteiger partial charge in [-0.25, -0.2) is 18.4 Å². The molecule has 0 saturated heterocycles. The second-order valence-corrected chi connectivity index (χ2v) is 9.17. The van der Waals surface area contributed by atoms with Gasteiger partial charge in [-0.2, -0.15) is 9.89 Å². The molecule has 0 amide bonds. The van der Waals surface area contributed by atoms with E-state index in [1.54, 1.807) is 6.26 Å². The Balaban J connectivity index is 1.82. The lowest BCUT2D eigenvalue weighted by atomic mass is 10.0. The second-order valence-electron chi connectivity index (χ2n) is 7.26. The molecule has 0 fully saturated rings. The summed E-state index contributed by atoms with van der Waals surface area (Å²) >= 11 is 0. The van der Waals surface area contributed by atoms with Crippen molar-refractivity contribution in [2.45, 2.75) is 31.3 Å². The van der Waals surface area contributed by atoms with Crippen molar-refractivity contribution in [1.29, 1.82) is 0 Å². The Morgan fingerprint density at radius 2 is 1.86 bits per heavy atom. The maximum absolute atomic E-state index is 12.2. The number of hydrogen-bond donors (Lipinski definition) is 1. The molecule has 1 aromatic carbocycles. The zero-order valence-electron chi connectivity index (χ0n) is 16.3. The number of aromatic nitrogens is 4. The number of fused-ring (bicyclic) bond motifs is 1. The Kier molecular flexibility index (Phi) is 4.62. The standard InChI is InChI=1S/C20H21N5O3S/c1-12(2)17-18-19(25(21)24-17)15(22-20(23-18)29(3,26)27)11-13-6-8-14(9-7-13)16-5-4-10-28-16/h4-10,12H,11,21H2,1-3H3. The van der Waals surface area contributed by atoms with Crippen molar-refractivity contribution in [2.24, 2.45) is 0 Å². The van der Waals surface area contributed by atoms with Crippen LogP contribution in [-0.4, -0.2) is 34.5 Å². The van der Waals surface area contributed by atoms with Crippen molar-refractivity contribution in [3.8, 4) is 11.3 Å². The van der Waals surface area contributed by atoms with E-state index >= 15 is 0 Å². The van der Waals surface area contributed by atoms with Crippen molar-refractivity contribution in [3.63, 3.8) is 0 Å². The highest BCUT2D eigenvalue weighted by Crippen LogP contribution is 2.27. The smallest absolute Gasteiger partial charge is 0.247 e. The van der Waals surface area contributed by atoms with Gasteiger partial charge in [0.05, 0.1) is 17.7 Å². The van der Waals surface area contributed by atoms with Crippen LogP contribution in [0.15, 0.2) is 52.2 Å². The van der Waals surface area contributed by atoms with Crippen LogP contribution in [0.1, 0.15) is 36.7 Å². The molecule has 3 heterocycles. The number of nitrogens with two attached hydrogens (primary N) is 1. The van der Waals surface area contributed by atoms with Gasteiger partial charge in [0, 0.05) is 18.2 Å². The Labute approximate surface area is 168 Å². The third kappa shape index (κ3) is 3.61. The zero-order chi connectivity index (χ0) is 20.8. The Morgan fingerprint density at radius 1 is 1.14 bits per heavy atom. The van der Waals surface area contributed by atoms with E-state index in [1.807, 2.05) is 50.2 Å². The average molecular weight is 411 g/mol. The molecule has 0 unspecified atom stereocenters. The predicted octanol–water partition coefficient (Wildman–Crippen LogP) is 2.92. The molecule has 0 aliphatic rings. The van der Waals surface area contributed by atoms with Gasteiger partial charge >= 0.3 is 0 Å². The van der Waals surface area contributed by atoms with Crippen molar-refractivity contribution < 1.29 is 12.8 Å². The van der Waals surface area contributed by atoms with Gasteiger partial charge in [-0.1, -0.05) is 38.1 Å². The molecule has 0 aliphatic heterocycles. The van der Waals surface area contributed by atoms with Crippen molar-refractivity contribution in [1.82, 2.24) is 19.9 Å². The number of furan rings is 1. The van der Waals surface area contributed by atoms with Crippen molar-refractivity contribution >= 4 is 20.9 Å². The lowest BCUT2D eigenvalue weighted by Gasteiger charge is -2.08. The molecule has 0 saturated carbocycles. The highest BCUT2D eigenvalue weighted by Gasteiger charge is 2.23. The molecule has 2 N–H and O–H groups in total. The normalized spacial score (nSPS) is 12.1. The molecule has 4 rings (SSSR count). The quantitative estimate of drug-likeness (QED) is 0.396. The van der Waals surface area contributed by atoms with E-state index in [9.17, 15) is 8.42 Å². The summed E-state index contributed by atoms with van der Waals surface area (Å²) < 4.78 is 29.7. The number of nitrogen functional groups attached to an aromatic ring is 1. The van der Waals surface area contributed by atoms with Crippen LogP contribution in [-0.2, 0) is 16.3 Å². The van der Waals surface area contributed by atoms with Gasteiger partial charge in [0.1, 0.15) is 16.8 Å². The van der Waals surface area contributed by atoms with Gasteiger partial charge in [-0.3, -0.25) is 0 Å². The summed E-state index contributed by atoms with van der Waals surface area (Å²) in [5, 5.41) is 4.13. The molecular formula is C20H21N5O3S. The molecule has 0 atom stereocenters. The SMILES string of the molecule is CC(C)c1nn(N)c2c(Cc3ccc(-c4ccco4)cc3)nc(S(C)(=O)=O)nc12. The maximum atomic E-state index is 12.2. The summed E-state index contributed by atoms with van der Waals surface area (Å²) in [6, 6.07) is 11.5. The minimum atomic E-state index is -3.59. The summed E-state index contributed by atoms with van der Waals surface area (Å²) in [6.07, 6.45) is 3.11. The molecule has 0 aliphatic carbocycles. The third-order valence-electron chi connectivity index (χ3n) is 4.63. The number of rotatable bonds is 5. The van der Waals surface area contributed by atoms with Crippen LogP contribution in [0.25, 0.3) is 22.4 Å². The van der Waals surface area contributed by atoms with Gasteiger partial charge in [0.25, 0.3) is 0 Å². The van der Waals surface area contributed by atoms with E-state index in [4.69, 9.17) is 10.3 Å². The predicted molar refractivity (Wildman–Crippen MR) is 110 cm³/mol. The molecule has 8 nitrogen and oxygen atoms in total. The second kappa shape index (κ2) is 7.00. The minimum Gasteiger partial charge on any atom is -0.464 e. The van der Waals surface area contributed by atoms with Crippen molar-refractivity contribution in [3.05, 3.63) is 59.6 Å². The Morgan fingerprint density at radius 3 is 2.45 bits per heavy atom. The number of benzene rings is 1. The molecule has 0 spiro atoms. The van der Waals surface area contributed by atoms with Crippen LogP contribution in [0.2, 0.25) is 0 Å². The van der Waals surface area contributed by atoms with E-state index in [2.05, 4.69) is 15.1 Å². The number of nitrogens with zero attached hydrogens (tertiary/aromatic N) is 4. The monoisotopic (exact) mass is 411 g/mol. The first-order valence-electron chi connectivity index (χ1n) is 9.11. The fourth-order valence-corrected chi connectivity index (χ4v) is 3.75. The fourth-order valence-electron chi connectivity index (χ4n) is 3.21. The third-order valence-corrected chi connectivity index (χ3v) is 5.48. The zero-order valence-corrected chi connectivity index (χ0v) is 17.1. The van der Waals surface area contributed by atoms with E-state index < -0.39 is 9.84 Å². The van der Waals surface area contributed by atoms with Crippen molar-refractivity contribution in [2.75, 3.05) is 12.1 Å². The van der Waals surface area contributed by atoms with E-state index in [-0.39, 0.29) is 11.1 Å². The van der Waals surface area contributed by atoms with Gasteiger partial charge in [0.15, 0.2) is 0 Å². The molecule has 9 heteroatoms. The largest absolute Gasteiger partial charge is 0.464 e. The van der Waals surface area contributed by atoms with Crippen LogP contribution < -0.4 is 5.84 Å². The molecule has 29 heavy (non-hydrogen) atoms. The van der Waals surface area contributed by atoms with Crippen LogP contribution in [0.5, 0.6) is 0 Å². The van der Waals surface area contributed by atoms with Gasteiger partial charge in [-0.15, -0.1) is 0 Å². The topological polar surface area (TPSA) is 117 Å². The summed E-state index contributed by atoms with van der Waals surface area (Å²) in [6.45, 7) is 3.91. The van der Waals surface area contributed by atoms with Crippen LogP contribution in [0.3, 0.4) is 0 Å². The first-order chi connectivity index (χ1) is 13.7. The first-order valence-corrected chi connectivity index (χ1v) is 11.0. The van der Waals surface area contributed by atoms with E-state index in [0.717, 1.165) is 23.1 Å². The molecule has 4 aromatic rings. The van der Waals surface area contributed by atoms with Gasteiger partial charge < -0.3 is 10.3 Å². The lowest BCUT2D eigenvalue weighted by Crippen LogP contribution is -2.14. The maximum Gasteiger partial charge on any atom is 0.247 e. The lowest BCUT2D eigenvalue weighted by molar-refractivity contribution is 0.582. The average Bonchev–Trinajstić information content (AvgIpc) is 3.30. The summed E-state index contributed by atoms with van der Waals surface area (Å²) in [4.78, 5) is 9.82. The summed E-state index contributed by atoms with van der Waals surface area (Å²) in [7, 11) is -3.59. The Hall–Kier alpha value is -3.20.